The van der Waals surface area contributed by atoms with Crippen molar-refractivity contribution in [1.29, 1.82) is 0 Å². The Balaban J connectivity index is 1.67. The molecule has 0 unspecified atom stereocenters. The molecule has 2 aliphatic rings. The van der Waals surface area contributed by atoms with Crippen molar-refractivity contribution in [3.63, 3.8) is 0 Å². The van der Waals surface area contributed by atoms with Crippen LogP contribution in [-0.2, 0) is 38.2 Å². The molecular weight excluding hydrogens is 530 g/mol. The number of esters is 1. The predicted molar refractivity (Wildman–Crippen MR) is 133 cm³/mol. The second-order valence-corrected chi connectivity index (χ2v) is 9.84. The number of β-lactam (4-membered cyclic amide) rings is 1. The second kappa shape index (κ2) is 12.7. The van der Waals surface area contributed by atoms with Crippen LogP contribution < -0.4 is 11.1 Å². The van der Waals surface area contributed by atoms with Gasteiger partial charge < -0.3 is 34.8 Å². The van der Waals surface area contributed by atoms with E-state index in [-0.39, 0.29) is 48.2 Å². The van der Waals surface area contributed by atoms with Gasteiger partial charge in [-0.1, -0.05) is 5.16 Å². The van der Waals surface area contributed by atoms with Crippen LogP contribution in [-0.4, -0.2) is 96.8 Å². The molecule has 14 nitrogen and oxygen atoms in total. The highest BCUT2D eigenvalue weighted by Crippen LogP contribution is 2.40. The summed E-state index contributed by atoms with van der Waals surface area (Å²) in [5.74, 6) is -1.63. The van der Waals surface area contributed by atoms with Crippen molar-refractivity contribution < 1.29 is 43.0 Å². The number of rotatable bonds is 11. The van der Waals surface area contributed by atoms with Crippen LogP contribution in [0.2, 0.25) is 0 Å². The summed E-state index contributed by atoms with van der Waals surface area (Å²) in [4.78, 5) is 60.4. The maximum Gasteiger partial charge on any atom is 0.508 e. The van der Waals surface area contributed by atoms with E-state index < -0.39 is 35.4 Å². The molecular formula is C21H27N5O9S2. The second-order valence-electron chi connectivity index (χ2n) is 7.84. The van der Waals surface area contributed by atoms with Gasteiger partial charge in [0.25, 0.3) is 11.8 Å². The number of aromatic nitrogens is 1. The van der Waals surface area contributed by atoms with Crippen molar-refractivity contribution in [2.45, 2.75) is 31.4 Å². The van der Waals surface area contributed by atoms with Gasteiger partial charge in [-0.15, -0.1) is 23.1 Å². The molecule has 0 aromatic carbocycles. The molecule has 2 atom stereocenters. The number of nitrogens with two attached hydrogens (primary N) is 1. The van der Waals surface area contributed by atoms with Crippen LogP contribution >= 0.6 is 23.1 Å². The summed E-state index contributed by atoms with van der Waals surface area (Å²) in [6.07, 6.45) is -1.23. The lowest BCUT2D eigenvalue weighted by molar-refractivity contribution is -0.153. The van der Waals surface area contributed by atoms with Gasteiger partial charge >= 0.3 is 12.1 Å². The van der Waals surface area contributed by atoms with Crippen molar-refractivity contribution in [2.75, 3.05) is 45.5 Å². The molecule has 2 aliphatic heterocycles. The van der Waals surface area contributed by atoms with Crippen molar-refractivity contribution in [1.82, 2.24) is 15.2 Å². The average molecular weight is 558 g/mol. The number of nitrogen functional groups attached to an aromatic ring is 1. The molecule has 0 radical (unpaired) electrons. The number of fused-ring (bicyclic) bond motifs is 1. The Labute approximate surface area is 220 Å². The van der Waals surface area contributed by atoms with Gasteiger partial charge in [0.15, 0.2) is 10.8 Å². The normalized spacial score (nSPS) is 19.2. The standard InChI is InChI=1S/C21H27N5O9S2/c1-10(2)35-21(30)34-6-5-33-19(29)15-11(7-31-3)8-36-18-14(17(28)26(15)18)24-16(27)13(25-32-4)12-9-37-20(22)23-12/h9-10,14,18H,5-8H2,1-4H3,(H2,22,23)(H,24,27)/b25-13-/t14-,18-/m1/s1. The molecule has 1 aromatic heterocycles. The number of nitrogens with one attached hydrogen (secondary N) is 1. The van der Waals surface area contributed by atoms with E-state index >= 15 is 0 Å². The Hall–Kier alpha value is -3.37. The molecule has 16 heteroatoms. The van der Waals surface area contributed by atoms with Gasteiger partial charge in [-0.3, -0.25) is 14.5 Å². The van der Waals surface area contributed by atoms with Crippen LogP contribution in [0, 0.1) is 0 Å². The van der Waals surface area contributed by atoms with Gasteiger partial charge in [-0.2, -0.15) is 0 Å². The Morgan fingerprint density at radius 3 is 2.62 bits per heavy atom. The number of oxime groups is 1. The smallest absolute Gasteiger partial charge is 0.457 e. The zero-order chi connectivity index (χ0) is 27.1. The molecule has 3 heterocycles. The summed E-state index contributed by atoms with van der Waals surface area (Å²) in [5.41, 5.74) is 6.28. The van der Waals surface area contributed by atoms with Crippen LogP contribution in [0.25, 0.3) is 0 Å². The summed E-state index contributed by atoms with van der Waals surface area (Å²) in [5, 5.41) is 7.55. The lowest BCUT2D eigenvalue weighted by atomic mass is 10.0. The number of thiazole rings is 1. The third kappa shape index (κ3) is 6.69. The summed E-state index contributed by atoms with van der Waals surface area (Å²) < 4.78 is 20.1. The first kappa shape index (κ1) is 28.2. The third-order valence-electron chi connectivity index (χ3n) is 4.88. The maximum absolute atomic E-state index is 13.1. The number of carbonyl (C=O) groups is 4. The highest BCUT2D eigenvalue weighted by atomic mass is 32.2. The molecule has 3 N–H and O–H groups in total. The fourth-order valence-corrected chi connectivity index (χ4v) is 5.29. The van der Waals surface area contributed by atoms with Gasteiger partial charge in [0.2, 0.25) is 0 Å². The molecule has 0 bridgehead atoms. The van der Waals surface area contributed by atoms with E-state index in [1.54, 1.807) is 13.8 Å². The number of anilines is 1. The van der Waals surface area contributed by atoms with E-state index in [9.17, 15) is 19.2 Å². The van der Waals surface area contributed by atoms with E-state index in [2.05, 4.69) is 15.5 Å². The summed E-state index contributed by atoms with van der Waals surface area (Å²) in [6, 6.07) is -0.934. The predicted octanol–water partition coefficient (Wildman–Crippen LogP) is 0.481. The van der Waals surface area contributed by atoms with Crippen molar-refractivity contribution in [3.8, 4) is 0 Å². The van der Waals surface area contributed by atoms with Crippen molar-refractivity contribution >= 4 is 57.9 Å². The van der Waals surface area contributed by atoms with Crippen molar-refractivity contribution in [2.24, 2.45) is 5.16 Å². The molecule has 2 amide bonds. The molecule has 202 valence electrons. The van der Waals surface area contributed by atoms with Crippen LogP contribution in [0.4, 0.5) is 9.93 Å². The van der Waals surface area contributed by atoms with E-state index in [0.29, 0.717) is 11.3 Å². The fraction of sp³-hybridized carbons (Fsp3) is 0.524. The van der Waals surface area contributed by atoms with E-state index in [1.807, 2.05) is 0 Å². The third-order valence-corrected chi connectivity index (χ3v) is 6.89. The van der Waals surface area contributed by atoms with E-state index in [0.717, 1.165) is 11.3 Å². The number of ether oxygens (including phenoxy) is 4. The van der Waals surface area contributed by atoms with Crippen LogP contribution in [0.15, 0.2) is 21.8 Å². The number of carbonyl (C=O) groups excluding carboxylic acids is 4. The van der Waals surface area contributed by atoms with Crippen LogP contribution in [0.1, 0.15) is 19.5 Å². The lowest BCUT2D eigenvalue weighted by Crippen LogP contribution is -2.71. The number of methoxy groups -OCH3 is 1. The largest absolute Gasteiger partial charge is 0.508 e. The first-order valence-electron chi connectivity index (χ1n) is 11.0. The molecule has 0 aliphatic carbocycles. The number of amides is 2. The van der Waals surface area contributed by atoms with Gasteiger partial charge in [-0.05, 0) is 19.4 Å². The number of hydrogen-bond acceptors (Lipinski definition) is 14. The average Bonchev–Trinajstić information content (AvgIpc) is 3.28. The Morgan fingerprint density at radius 2 is 2.00 bits per heavy atom. The van der Waals surface area contributed by atoms with E-state index in [4.69, 9.17) is 29.5 Å². The minimum Gasteiger partial charge on any atom is -0.457 e. The van der Waals surface area contributed by atoms with Gasteiger partial charge in [0.1, 0.15) is 43.1 Å². The molecule has 0 spiro atoms. The van der Waals surface area contributed by atoms with Gasteiger partial charge in [-0.25, -0.2) is 14.6 Å². The minimum atomic E-state index is -0.934. The number of hydrogen-bond donors (Lipinski definition) is 2. The van der Waals surface area contributed by atoms with Gasteiger partial charge in [0, 0.05) is 18.2 Å². The molecule has 1 fully saturated rings. The summed E-state index contributed by atoms with van der Waals surface area (Å²) in [7, 11) is 2.73. The maximum atomic E-state index is 13.1. The molecule has 1 saturated heterocycles. The highest BCUT2D eigenvalue weighted by Gasteiger charge is 2.54. The van der Waals surface area contributed by atoms with Crippen molar-refractivity contribution in [3.05, 3.63) is 22.3 Å². The van der Waals surface area contributed by atoms with E-state index in [1.165, 1.54) is 36.3 Å². The first-order chi connectivity index (χ1) is 17.7. The van der Waals surface area contributed by atoms with Gasteiger partial charge in [0.05, 0.1) is 12.7 Å². The zero-order valence-corrected chi connectivity index (χ0v) is 22.2. The lowest BCUT2D eigenvalue weighted by Gasteiger charge is -2.49. The minimum absolute atomic E-state index is 0.0314. The Bertz CT molecular complexity index is 1100. The number of nitrogens with zero attached hydrogens (tertiary/aromatic N) is 3. The zero-order valence-electron chi connectivity index (χ0n) is 20.5. The topological polar surface area (TPSA) is 181 Å². The number of thioether (sulfide) groups is 1. The monoisotopic (exact) mass is 557 g/mol. The van der Waals surface area contributed by atoms with Crippen LogP contribution in [0.5, 0.6) is 0 Å². The quantitative estimate of drug-likeness (QED) is 0.126. The highest BCUT2D eigenvalue weighted by molar-refractivity contribution is 8.00. The fourth-order valence-electron chi connectivity index (χ4n) is 3.41. The molecule has 37 heavy (non-hydrogen) atoms. The Kier molecular flexibility index (Phi) is 9.71. The summed E-state index contributed by atoms with van der Waals surface area (Å²) in [6.45, 7) is 2.96. The Morgan fingerprint density at radius 1 is 1.27 bits per heavy atom. The molecule has 1 aromatic rings. The van der Waals surface area contributed by atoms with Crippen LogP contribution in [0.3, 0.4) is 0 Å². The first-order valence-corrected chi connectivity index (χ1v) is 12.9. The SMILES string of the molecule is COCC1=C(C(=O)OCCOC(=O)OC(C)C)N2C(=O)[C@@H](NC(=O)/C(=N\OC)c3csc(N)n3)[C@H]2SC1. The summed E-state index contributed by atoms with van der Waals surface area (Å²) >= 11 is 2.47. The molecule has 0 saturated carbocycles. The molecule has 3 rings (SSSR count).